The molecule has 1 fully saturated rings. The van der Waals surface area contributed by atoms with Crippen LogP contribution in [0.4, 0.5) is 0 Å². The predicted molar refractivity (Wildman–Crippen MR) is 80.4 cm³/mol. The zero-order chi connectivity index (χ0) is 13.1. The topological polar surface area (TPSA) is 3.24 Å². The summed E-state index contributed by atoms with van der Waals surface area (Å²) in [6.07, 6.45) is 9.30. The van der Waals surface area contributed by atoms with Crippen LogP contribution in [0.2, 0.25) is 0 Å². The molecule has 2 unspecified atom stereocenters. The molecule has 0 radical (unpaired) electrons. The zero-order valence-corrected chi connectivity index (χ0v) is 12.8. The van der Waals surface area contributed by atoms with Crippen LogP contribution in [0.3, 0.4) is 0 Å². The van der Waals surface area contributed by atoms with Crippen LogP contribution in [0.5, 0.6) is 0 Å². The van der Waals surface area contributed by atoms with E-state index in [1.165, 1.54) is 25.7 Å². The van der Waals surface area contributed by atoms with E-state index in [1.807, 2.05) is 19.1 Å². The van der Waals surface area contributed by atoms with Gasteiger partial charge in [-0.05, 0) is 37.2 Å². The number of nitrogens with zero attached hydrogens (tertiary/aromatic N) is 1. The van der Waals surface area contributed by atoms with E-state index in [-0.39, 0.29) is 0 Å². The molecule has 0 aromatic carbocycles. The minimum absolute atomic E-state index is 0.456. The molecule has 2 heteroatoms. The van der Waals surface area contributed by atoms with Crippen LogP contribution in [0.15, 0.2) is 12.2 Å². The Balaban J connectivity index is 2.84. The van der Waals surface area contributed by atoms with E-state index in [0.717, 1.165) is 10.9 Å². The number of likely N-dealkylation sites (N-methyl/N-ethyl adjacent to an activating group) is 1. The Morgan fingerprint density at radius 1 is 1.47 bits per heavy atom. The number of hydrogen-bond donors (Lipinski definition) is 0. The average molecular weight is 253 g/mol. The van der Waals surface area contributed by atoms with E-state index in [2.05, 4.69) is 32.7 Å². The fraction of sp³-hybridized carbons (Fsp3) is 0.800. The van der Waals surface area contributed by atoms with Gasteiger partial charge in [-0.3, -0.25) is 0 Å². The second-order valence-electron chi connectivity index (χ2n) is 5.91. The van der Waals surface area contributed by atoms with Crippen LogP contribution < -0.4 is 0 Å². The van der Waals surface area contributed by atoms with Gasteiger partial charge < -0.3 is 4.90 Å². The standard InChI is InChI=1S/C15H27NS/c1-6-9-14(17)16(5)13-10-8-11-15(3,4)12(13)7-2/h6,9,12-13H,7-8,10-11H2,1-5H3/b9-6-. The summed E-state index contributed by atoms with van der Waals surface area (Å²) in [5.41, 5.74) is 0.456. The molecule has 0 aromatic rings. The highest BCUT2D eigenvalue weighted by molar-refractivity contribution is 7.80. The van der Waals surface area contributed by atoms with Gasteiger partial charge in [-0.25, -0.2) is 0 Å². The Morgan fingerprint density at radius 3 is 2.65 bits per heavy atom. The fourth-order valence-corrected chi connectivity index (χ4v) is 3.66. The molecule has 0 amide bonds. The smallest absolute Gasteiger partial charge is 0.101 e. The molecule has 0 N–H and O–H groups in total. The van der Waals surface area contributed by atoms with E-state index in [0.29, 0.717) is 11.5 Å². The Bertz CT molecular complexity index is 293. The van der Waals surface area contributed by atoms with Gasteiger partial charge in [-0.2, -0.15) is 0 Å². The maximum atomic E-state index is 5.47. The summed E-state index contributed by atoms with van der Waals surface area (Å²) >= 11 is 5.47. The summed E-state index contributed by atoms with van der Waals surface area (Å²) in [6, 6.07) is 0.618. The fourth-order valence-electron chi connectivity index (χ4n) is 3.39. The van der Waals surface area contributed by atoms with Gasteiger partial charge in [0.1, 0.15) is 4.99 Å². The molecule has 1 aliphatic rings. The first-order valence-corrected chi connectivity index (χ1v) is 7.24. The second-order valence-corrected chi connectivity index (χ2v) is 6.33. The van der Waals surface area contributed by atoms with Crippen molar-refractivity contribution in [3.63, 3.8) is 0 Å². The summed E-state index contributed by atoms with van der Waals surface area (Å²) in [5, 5.41) is 0. The van der Waals surface area contributed by atoms with E-state index >= 15 is 0 Å². The Kier molecular flexibility index (Phi) is 5.18. The first-order chi connectivity index (χ1) is 7.94. The molecular formula is C15H27NS. The molecule has 0 aliphatic heterocycles. The maximum Gasteiger partial charge on any atom is 0.101 e. The quantitative estimate of drug-likeness (QED) is 0.541. The lowest BCUT2D eigenvalue weighted by Gasteiger charge is -2.47. The first-order valence-electron chi connectivity index (χ1n) is 6.83. The summed E-state index contributed by atoms with van der Waals surface area (Å²) < 4.78 is 0. The van der Waals surface area contributed by atoms with Gasteiger partial charge in [-0.15, -0.1) is 0 Å². The van der Waals surface area contributed by atoms with E-state index in [1.54, 1.807) is 0 Å². The number of thiocarbonyl (C=S) groups is 1. The molecule has 1 nitrogen and oxygen atoms in total. The molecule has 0 aromatic heterocycles. The summed E-state index contributed by atoms with van der Waals surface area (Å²) in [7, 11) is 2.16. The van der Waals surface area contributed by atoms with Gasteiger partial charge in [0.2, 0.25) is 0 Å². The van der Waals surface area contributed by atoms with Crippen molar-refractivity contribution in [1.29, 1.82) is 0 Å². The lowest BCUT2D eigenvalue weighted by molar-refractivity contribution is 0.0610. The van der Waals surface area contributed by atoms with Crippen molar-refractivity contribution in [3.8, 4) is 0 Å². The monoisotopic (exact) mass is 253 g/mol. The lowest BCUT2D eigenvalue weighted by Crippen LogP contribution is -2.48. The number of rotatable bonds is 3. The molecule has 0 heterocycles. The van der Waals surface area contributed by atoms with E-state index in [9.17, 15) is 0 Å². The summed E-state index contributed by atoms with van der Waals surface area (Å²) in [6.45, 7) is 9.18. The van der Waals surface area contributed by atoms with Crippen molar-refractivity contribution < 1.29 is 0 Å². The van der Waals surface area contributed by atoms with Gasteiger partial charge in [0, 0.05) is 13.1 Å². The van der Waals surface area contributed by atoms with E-state index < -0.39 is 0 Å². The molecule has 1 aliphatic carbocycles. The first kappa shape index (κ1) is 14.7. The SMILES string of the molecule is C/C=C\C(=S)N(C)C1CCCC(C)(C)C1CC. The van der Waals surface area contributed by atoms with E-state index in [4.69, 9.17) is 12.2 Å². The predicted octanol–water partition coefficient (Wildman–Crippen LogP) is 4.43. The van der Waals surface area contributed by atoms with Gasteiger partial charge in [0.15, 0.2) is 0 Å². The summed E-state index contributed by atoms with van der Waals surface area (Å²) in [5.74, 6) is 0.754. The van der Waals surface area contributed by atoms with Crippen molar-refractivity contribution in [2.75, 3.05) is 7.05 Å². The minimum atomic E-state index is 0.456. The third-order valence-corrected chi connectivity index (χ3v) is 4.81. The highest BCUT2D eigenvalue weighted by Gasteiger charge is 2.39. The molecule has 17 heavy (non-hydrogen) atoms. The van der Waals surface area contributed by atoms with Gasteiger partial charge in [0.05, 0.1) is 0 Å². The molecule has 98 valence electrons. The molecule has 0 spiro atoms. The maximum absolute atomic E-state index is 5.47. The highest BCUT2D eigenvalue weighted by Crippen LogP contribution is 2.44. The highest BCUT2D eigenvalue weighted by atomic mass is 32.1. The lowest BCUT2D eigenvalue weighted by atomic mass is 9.65. The Labute approximate surface area is 112 Å². The van der Waals surface area contributed by atoms with Crippen molar-refractivity contribution in [1.82, 2.24) is 4.90 Å². The van der Waals surface area contributed by atoms with Gasteiger partial charge in [0.25, 0.3) is 0 Å². The molecular weight excluding hydrogens is 226 g/mol. The van der Waals surface area contributed by atoms with Crippen LogP contribution in [-0.2, 0) is 0 Å². The molecule has 2 atom stereocenters. The normalized spacial score (nSPS) is 28.3. The largest absolute Gasteiger partial charge is 0.363 e. The van der Waals surface area contributed by atoms with Crippen molar-refractivity contribution in [2.45, 2.75) is 59.4 Å². The third-order valence-electron chi connectivity index (χ3n) is 4.38. The molecule has 0 bridgehead atoms. The van der Waals surface area contributed by atoms with Crippen molar-refractivity contribution >= 4 is 17.2 Å². The van der Waals surface area contributed by atoms with Crippen LogP contribution >= 0.6 is 12.2 Å². The van der Waals surface area contributed by atoms with Crippen molar-refractivity contribution in [3.05, 3.63) is 12.2 Å². The molecule has 0 saturated heterocycles. The van der Waals surface area contributed by atoms with Gasteiger partial charge >= 0.3 is 0 Å². The molecule has 1 rings (SSSR count). The van der Waals surface area contributed by atoms with Crippen LogP contribution in [-0.4, -0.2) is 23.0 Å². The zero-order valence-electron chi connectivity index (χ0n) is 12.0. The number of allylic oxidation sites excluding steroid dienone is 1. The average Bonchev–Trinajstić information content (AvgIpc) is 2.26. The van der Waals surface area contributed by atoms with Crippen molar-refractivity contribution in [2.24, 2.45) is 11.3 Å². The summed E-state index contributed by atoms with van der Waals surface area (Å²) in [4.78, 5) is 3.30. The van der Waals surface area contributed by atoms with Crippen LogP contribution in [0.25, 0.3) is 0 Å². The number of hydrogen-bond acceptors (Lipinski definition) is 1. The molecule has 1 saturated carbocycles. The minimum Gasteiger partial charge on any atom is -0.363 e. The van der Waals surface area contributed by atoms with Crippen LogP contribution in [0.1, 0.15) is 53.4 Å². The third kappa shape index (κ3) is 3.31. The Hall–Kier alpha value is -0.370. The second kappa shape index (κ2) is 5.99. The Morgan fingerprint density at radius 2 is 2.12 bits per heavy atom. The van der Waals surface area contributed by atoms with Crippen LogP contribution in [0, 0.1) is 11.3 Å². The van der Waals surface area contributed by atoms with Gasteiger partial charge in [-0.1, -0.05) is 51.9 Å².